The lowest BCUT2D eigenvalue weighted by Gasteiger charge is -2.08. The zero-order chi connectivity index (χ0) is 16.8. The molecular formula is C17H18ClN3O2. The number of rotatable bonds is 5. The Morgan fingerprint density at radius 2 is 1.83 bits per heavy atom. The molecule has 0 aliphatic heterocycles. The van der Waals surface area contributed by atoms with Crippen molar-refractivity contribution in [2.75, 3.05) is 11.9 Å². The van der Waals surface area contributed by atoms with Crippen molar-refractivity contribution >= 4 is 29.1 Å². The molecule has 1 heterocycles. The number of nitrogens with zero attached hydrogens (tertiary/aromatic N) is 1. The van der Waals surface area contributed by atoms with Gasteiger partial charge in [-0.2, -0.15) is 0 Å². The van der Waals surface area contributed by atoms with Gasteiger partial charge in [-0.1, -0.05) is 25.4 Å². The molecule has 120 valence electrons. The molecule has 0 radical (unpaired) electrons. The lowest BCUT2D eigenvalue weighted by Crippen LogP contribution is -2.28. The van der Waals surface area contributed by atoms with E-state index < -0.39 is 0 Å². The Labute approximate surface area is 140 Å². The van der Waals surface area contributed by atoms with Crippen LogP contribution in [0.5, 0.6) is 0 Å². The van der Waals surface area contributed by atoms with Crippen molar-refractivity contribution < 1.29 is 9.59 Å². The van der Waals surface area contributed by atoms with Crippen LogP contribution in [0.1, 0.15) is 34.7 Å². The summed E-state index contributed by atoms with van der Waals surface area (Å²) in [7, 11) is 0. The number of carbonyl (C=O) groups excluding carboxylic acids is 2. The summed E-state index contributed by atoms with van der Waals surface area (Å²) in [4.78, 5) is 28.2. The first kappa shape index (κ1) is 17.0. The van der Waals surface area contributed by atoms with Gasteiger partial charge in [0.25, 0.3) is 11.8 Å². The van der Waals surface area contributed by atoms with E-state index in [1.165, 1.54) is 12.3 Å². The van der Waals surface area contributed by atoms with E-state index in [9.17, 15) is 9.59 Å². The summed E-state index contributed by atoms with van der Waals surface area (Å²) in [6.45, 7) is 4.56. The molecule has 0 atom stereocenters. The molecule has 2 amide bonds. The van der Waals surface area contributed by atoms with Gasteiger partial charge in [0.15, 0.2) is 0 Å². The molecular weight excluding hydrogens is 314 g/mol. The Hall–Kier alpha value is -2.40. The second kappa shape index (κ2) is 7.74. The fourth-order valence-corrected chi connectivity index (χ4v) is 1.95. The van der Waals surface area contributed by atoms with Gasteiger partial charge in [-0.25, -0.2) is 0 Å². The normalized spacial score (nSPS) is 10.4. The number of amides is 2. The molecule has 0 saturated carbocycles. The smallest absolute Gasteiger partial charge is 0.269 e. The van der Waals surface area contributed by atoms with E-state index in [0.717, 1.165) is 0 Å². The molecule has 5 nitrogen and oxygen atoms in total. The summed E-state index contributed by atoms with van der Waals surface area (Å²) in [5, 5.41) is 6.11. The van der Waals surface area contributed by atoms with Crippen LogP contribution in [0, 0.1) is 5.92 Å². The van der Waals surface area contributed by atoms with Crippen LogP contribution < -0.4 is 10.6 Å². The van der Waals surface area contributed by atoms with E-state index in [0.29, 0.717) is 28.7 Å². The number of hydrogen-bond donors (Lipinski definition) is 2. The van der Waals surface area contributed by atoms with Gasteiger partial charge < -0.3 is 10.6 Å². The lowest BCUT2D eigenvalue weighted by molar-refractivity contribution is 0.0944. The van der Waals surface area contributed by atoms with Crippen LogP contribution in [0.3, 0.4) is 0 Å². The first-order valence-corrected chi connectivity index (χ1v) is 7.64. The third kappa shape index (κ3) is 5.07. The van der Waals surface area contributed by atoms with Crippen LogP contribution in [-0.4, -0.2) is 23.3 Å². The monoisotopic (exact) mass is 331 g/mol. The van der Waals surface area contributed by atoms with Crippen LogP contribution in [0.25, 0.3) is 0 Å². The first-order chi connectivity index (χ1) is 11.0. The Morgan fingerprint density at radius 1 is 1.13 bits per heavy atom. The highest BCUT2D eigenvalue weighted by Gasteiger charge is 2.12. The average Bonchev–Trinajstić information content (AvgIpc) is 2.54. The molecule has 23 heavy (non-hydrogen) atoms. The molecule has 0 fully saturated rings. The summed E-state index contributed by atoms with van der Waals surface area (Å²) in [6, 6.07) is 9.82. The van der Waals surface area contributed by atoms with Crippen molar-refractivity contribution in [1.82, 2.24) is 10.3 Å². The summed E-state index contributed by atoms with van der Waals surface area (Å²) in [5.74, 6) is -0.261. The molecule has 2 rings (SSSR count). The van der Waals surface area contributed by atoms with E-state index >= 15 is 0 Å². The van der Waals surface area contributed by atoms with Crippen LogP contribution >= 0.6 is 11.6 Å². The molecule has 0 bridgehead atoms. The SMILES string of the molecule is CC(C)CNC(=O)c1cc(C(=O)Nc2ccc(Cl)cc2)ccn1. The number of halogens is 1. The molecule has 2 N–H and O–H groups in total. The van der Waals surface area contributed by atoms with Gasteiger partial charge in [0.2, 0.25) is 0 Å². The standard InChI is InChI=1S/C17H18ClN3O2/c1-11(2)10-20-17(23)15-9-12(7-8-19-15)16(22)21-14-5-3-13(18)4-6-14/h3-9,11H,10H2,1-2H3,(H,20,23)(H,21,22). The van der Waals surface area contributed by atoms with E-state index in [1.807, 2.05) is 13.8 Å². The molecule has 1 aromatic heterocycles. The van der Waals surface area contributed by atoms with Crippen molar-refractivity contribution in [3.8, 4) is 0 Å². The van der Waals surface area contributed by atoms with Crippen molar-refractivity contribution in [3.05, 3.63) is 58.9 Å². The van der Waals surface area contributed by atoms with Crippen molar-refractivity contribution in [1.29, 1.82) is 0 Å². The molecule has 0 unspecified atom stereocenters. The molecule has 1 aromatic carbocycles. The molecule has 0 aliphatic carbocycles. The maximum Gasteiger partial charge on any atom is 0.269 e. The predicted octanol–water partition coefficient (Wildman–Crippen LogP) is 3.37. The maximum atomic E-state index is 12.2. The number of pyridine rings is 1. The number of aromatic nitrogens is 1. The minimum atomic E-state index is -0.312. The van der Waals surface area contributed by atoms with Crippen LogP contribution in [0.15, 0.2) is 42.6 Å². The fraction of sp³-hybridized carbons (Fsp3) is 0.235. The summed E-state index contributed by atoms with van der Waals surface area (Å²) < 4.78 is 0. The Morgan fingerprint density at radius 3 is 2.48 bits per heavy atom. The molecule has 0 spiro atoms. The van der Waals surface area contributed by atoms with Gasteiger partial charge in [-0.3, -0.25) is 14.6 Å². The lowest BCUT2D eigenvalue weighted by atomic mass is 10.2. The highest BCUT2D eigenvalue weighted by molar-refractivity contribution is 6.30. The van der Waals surface area contributed by atoms with Gasteiger partial charge in [-0.05, 0) is 42.3 Å². The average molecular weight is 332 g/mol. The Bertz CT molecular complexity index is 699. The number of anilines is 1. The summed E-state index contributed by atoms with van der Waals surface area (Å²) in [5.41, 5.74) is 1.21. The molecule has 0 saturated heterocycles. The maximum absolute atomic E-state index is 12.2. The van der Waals surface area contributed by atoms with Crippen LogP contribution in [0.2, 0.25) is 5.02 Å². The highest BCUT2D eigenvalue weighted by atomic mass is 35.5. The fourth-order valence-electron chi connectivity index (χ4n) is 1.82. The van der Waals surface area contributed by atoms with Gasteiger partial charge in [0, 0.05) is 29.0 Å². The molecule has 0 aliphatic rings. The minimum absolute atomic E-state index is 0.217. The largest absolute Gasteiger partial charge is 0.350 e. The van der Waals surface area contributed by atoms with E-state index in [-0.39, 0.29) is 17.5 Å². The Kier molecular flexibility index (Phi) is 5.71. The summed E-state index contributed by atoms with van der Waals surface area (Å²) in [6.07, 6.45) is 1.45. The van der Waals surface area contributed by atoms with Crippen LogP contribution in [-0.2, 0) is 0 Å². The van der Waals surface area contributed by atoms with E-state index in [4.69, 9.17) is 11.6 Å². The van der Waals surface area contributed by atoms with Crippen LogP contribution in [0.4, 0.5) is 5.69 Å². The highest BCUT2D eigenvalue weighted by Crippen LogP contribution is 2.14. The van der Waals surface area contributed by atoms with Crippen molar-refractivity contribution in [3.63, 3.8) is 0 Å². The predicted molar refractivity (Wildman–Crippen MR) is 90.8 cm³/mol. The second-order valence-electron chi connectivity index (χ2n) is 5.49. The summed E-state index contributed by atoms with van der Waals surface area (Å²) >= 11 is 5.81. The Balaban J connectivity index is 2.07. The van der Waals surface area contributed by atoms with Gasteiger partial charge in [0.05, 0.1) is 0 Å². The third-order valence-corrected chi connectivity index (χ3v) is 3.28. The first-order valence-electron chi connectivity index (χ1n) is 7.27. The van der Waals surface area contributed by atoms with Gasteiger partial charge in [-0.15, -0.1) is 0 Å². The third-order valence-electron chi connectivity index (χ3n) is 3.03. The zero-order valence-electron chi connectivity index (χ0n) is 13.0. The van der Waals surface area contributed by atoms with E-state index in [2.05, 4.69) is 15.6 Å². The molecule has 6 heteroatoms. The number of nitrogens with one attached hydrogen (secondary N) is 2. The quantitative estimate of drug-likeness (QED) is 0.882. The van der Waals surface area contributed by atoms with Crippen molar-refractivity contribution in [2.24, 2.45) is 5.92 Å². The molecule has 2 aromatic rings. The van der Waals surface area contributed by atoms with E-state index in [1.54, 1.807) is 30.3 Å². The van der Waals surface area contributed by atoms with Gasteiger partial charge >= 0.3 is 0 Å². The second-order valence-corrected chi connectivity index (χ2v) is 5.93. The number of carbonyl (C=O) groups is 2. The number of hydrogen-bond acceptors (Lipinski definition) is 3. The van der Waals surface area contributed by atoms with Gasteiger partial charge in [0.1, 0.15) is 5.69 Å². The number of benzene rings is 1. The zero-order valence-corrected chi connectivity index (χ0v) is 13.7. The minimum Gasteiger partial charge on any atom is -0.350 e. The topological polar surface area (TPSA) is 71.1 Å². The van der Waals surface area contributed by atoms with Crippen molar-refractivity contribution in [2.45, 2.75) is 13.8 Å².